The Labute approximate surface area is 120 Å². The molecule has 0 saturated heterocycles. The summed E-state index contributed by atoms with van der Waals surface area (Å²) >= 11 is 0. The van der Waals surface area contributed by atoms with E-state index in [1.165, 1.54) is 0 Å². The van der Waals surface area contributed by atoms with Crippen molar-refractivity contribution in [2.45, 2.75) is 19.9 Å². The van der Waals surface area contributed by atoms with Crippen molar-refractivity contribution in [2.24, 2.45) is 0 Å². The average Bonchev–Trinajstić information content (AvgIpc) is 2.42. The molecule has 0 spiro atoms. The van der Waals surface area contributed by atoms with Crippen LogP contribution in [0.1, 0.15) is 24.2 Å². The number of esters is 1. The van der Waals surface area contributed by atoms with Crippen molar-refractivity contribution in [2.75, 3.05) is 13.7 Å². The lowest BCUT2D eigenvalue weighted by Crippen LogP contribution is -2.41. The Morgan fingerprint density at radius 2 is 2.05 bits per heavy atom. The third-order valence-corrected chi connectivity index (χ3v) is 2.80. The van der Waals surface area contributed by atoms with E-state index >= 15 is 0 Å². The summed E-state index contributed by atoms with van der Waals surface area (Å²) in [5, 5.41) is 10.9. The zero-order valence-corrected chi connectivity index (χ0v) is 11.8. The second-order valence-corrected chi connectivity index (χ2v) is 4.52. The third kappa shape index (κ3) is 3.98. The van der Waals surface area contributed by atoms with Crippen LogP contribution in [-0.4, -0.2) is 41.4 Å². The van der Waals surface area contributed by atoms with E-state index in [1.54, 1.807) is 13.8 Å². The molecule has 1 amide bonds. The van der Waals surface area contributed by atoms with E-state index in [9.17, 15) is 24.1 Å². The van der Waals surface area contributed by atoms with Gasteiger partial charge < -0.3 is 9.64 Å². The molecule has 1 rings (SSSR count). The monoisotopic (exact) mass is 298 g/mol. The molecule has 0 radical (unpaired) electrons. The molecule has 21 heavy (non-hydrogen) atoms. The number of nitrogens with zero attached hydrogens (tertiary/aromatic N) is 2. The van der Waals surface area contributed by atoms with E-state index in [4.69, 9.17) is 0 Å². The first-order chi connectivity index (χ1) is 9.77. The van der Waals surface area contributed by atoms with Crippen molar-refractivity contribution in [3.63, 3.8) is 0 Å². The molecule has 0 saturated carbocycles. The summed E-state index contributed by atoms with van der Waals surface area (Å²) in [5.41, 5.74) is -0.922. The highest BCUT2D eigenvalue weighted by Crippen LogP contribution is 2.22. The molecule has 1 aromatic rings. The number of carbonyl (C=O) groups is 2. The van der Waals surface area contributed by atoms with Crippen molar-refractivity contribution < 1.29 is 23.6 Å². The highest BCUT2D eigenvalue weighted by Gasteiger charge is 2.28. The summed E-state index contributed by atoms with van der Waals surface area (Å²) < 4.78 is 17.8. The Kier molecular flexibility index (Phi) is 5.34. The van der Waals surface area contributed by atoms with Crippen LogP contribution in [0.3, 0.4) is 0 Å². The summed E-state index contributed by atoms with van der Waals surface area (Å²) in [6, 6.07) is 2.18. The van der Waals surface area contributed by atoms with Gasteiger partial charge in [0.15, 0.2) is 0 Å². The molecule has 0 atom stereocenters. The molecule has 0 aromatic heterocycles. The van der Waals surface area contributed by atoms with Gasteiger partial charge in [0.2, 0.25) is 0 Å². The smallest absolute Gasteiger partial charge is 0.325 e. The van der Waals surface area contributed by atoms with E-state index in [0.717, 1.165) is 30.2 Å². The molecule has 8 heteroatoms. The van der Waals surface area contributed by atoms with Crippen molar-refractivity contribution in [1.29, 1.82) is 0 Å². The van der Waals surface area contributed by atoms with Gasteiger partial charge in [-0.25, -0.2) is 4.39 Å². The van der Waals surface area contributed by atoms with Crippen molar-refractivity contribution >= 4 is 17.6 Å². The highest BCUT2D eigenvalue weighted by molar-refractivity contribution is 5.99. The Morgan fingerprint density at radius 3 is 2.52 bits per heavy atom. The molecule has 0 unspecified atom stereocenters. The minimum Gasteiger partial charge on any atom is -0.468 e. The van der Waals surface area contributed by atoms with E-state index in [1.807, 2.05) is 0 Å². The predicted molar refractivity (Wildman–Crippen MR) is 71.2 cm³/mol. The fourth-order valence-electron chi connectivity index (χ4n) is 1.69. The number of rotatable bonds is 5. The Hall–Kier alpha value is -2.51. The van der Waals surface area contributed by atoms with E-state index in [2.05, 4.69) is 4.74 Å². The standard InChI is InChI=1S/C13H15FN2O5/c1-8(2)15(7-12(17)21-3)13(18)10-6-9(14)4-5-11(10)16(19)20/h4-6,8H,7H2,1-3H3. The predicted octanol–water partition coefficient (Wildman–Crippen LogP) is 1.76. The lowest BCUT2D eigenvalue weighted by molar-refractivity contribution is -0.385. The number of benzene rings is 1. The SMILES string of the molecule is COC(=O)CN(C(=O)c1cc(F)ccc1[N+](=O)[O-])C(C)C. The summed E-state index contributed by atoms with van der Waals surface area (Å²) in [6.07, 6.45) is 0. The quantitative estimate of drug-likeness (QED) is 0.469. The van der Waals surface area contributed by atoms with Gasteiger partial charge in [-0.2, -0.15) is 0 Å². The zero-order valence-electron chi connectivity index (χ0n) is 11.8. The number of methoxy groups -OCH3 is 1. The number of carbonyl (C=O) groups excluding carboxylic acids is 2. The molecule has 114 valence electrons. The van der Waals surface area contributed by atoms with Crippen LogP contribution in [0.4, 0.5) is 10.1 Å². The molecule has 0 aliphatic carbocycles. The number of ether oxygens (including phenoxy) is 1. The minimum atomic E-state index is -0.804. The minimum absolute atomic E-state index is 0.374. The Balaban J connectivity index is 3.23. The average molecular weight is 298 g/mol. The number of amides is 1. The van der Waals surface area contributed by atoms with Gasteiger partial charge in [0.1, 0.15) is 17.9 Å². The maximum Gasteiger partial charge on any atom is 0.325 e. The molecular weight excluding hydrogens is 283 g/mol. The normalized spacial score (nSPS) is 10.3. The zero-order chi connectivity index (χ0) is 16.2. The fraction of sp³-hybridized carbons (Fsp3) is 0.385. The van der Waals surface area contributed by atoms with Crippen molar-refractivity contribution in [1.82, 2.24) is 4.90 Å². The lowest BCUT2D eigenvalue weighted by Gasteiger charge is -2.25. The summed E-state index contributed by atoms with van der Waals surface area (Å²) in [5.74, 6) is -2.25. The van der Waals surface area contributed by atoms with Crippen LogP contribution in [0.2, 0.25) is 0 Å². The maximum absolute atomic E-state index is 13.3. The molecular formula is C13H15FN2O5. The van der Waals surface area contributed by atoms with Gasteiger partial charge in [-0.15, -0.1) is 0 Å². The van der Waals surface area contributed by atoms with Gasteiger partial charge >= 0.3 is 5.97 Å². The molecule has 7 nitrogen and oxygen atoms in total. The van der Waals surface area contributed by atoms with E-state index in [0.29, 0.717) is 0 Å². The first kappa shape index (κ1) is 16.5. The fourth-order valence-corrected chi connectivity index (χ4v) is 1.69. The first-order valence-electron chi connectivity index (χ1n) is 6.09. The molecule has 1 aromatic carbocycles. The Morgan fingerprint density at radius 1 is 1.43 bits per heavy atom. The van der Waals surface area contributed by atoms with E-state index < -0.39 is 39.9 Å². The van der Waals surface area contributed by atoms with Gasteiger partial charge in [0.25, 0.3) is 11.6 Å². The van der Waals surface area contributed by atoms with Gasteiger partial charge in [0, 0.05) is 12.1 Å². The number of halogens is 1. The summed E-state index contributed by atoms with van der Waals surface area (Å²) in [7, 11) is 1.16. The van der Waals surface area contributed by atoms with Gasteiger partial charge in [-0.05, 0) is 26.0 Å². The molecule has 0 aliphatic heterocycles. The van der Waals surface area contributed by atoms with Gasteiger partial charge in [-0.1, -0.05) is 0 Å². The number of hydrogen-bond acceptors (Lipinski definition) is 5. The maximum atomic E-state index is 13.3. The van der Waals surface area contributed by atoms with Crippen LogP contribution < -0.4 is 0 Å². The van der Waals surface area contributed by atoms with Crippen LogP contribution in [0.5, 0.6) is 0 Å². The van der Waals surface area contributed by atoms with Crippen LogP contribution >= 0.6 is 0 Å². The molecule has 0 bridgehead atoms. The Bertz CT molecular complexity index is 574. The topological polar surface area (TPSA) is 89.8 Å². The van der Waals surface area contributed by atoms with Crippen molar-refractivity contribution in [3.8, 4) is 0 Å². The summed E-state index contributed by atoms with van der Waals surface area (Å²) in [4.78, 5) is 34.9. The molecule has 0 N–H and O–H groups in total. The summed E-state index contributed by atoms with van der Waals surface area (Å²) in [6.45, 7) is 2.89. The lowest BCUT2D eigenvalue weighted by atomic mass is 10.1. The molecule has 0 aliphatic rings. The highest BCUT2D eigenvalue weighted by atomic mass is 19.1. The van der Waals surface area contributed by atoms with Gasteiger partial charge in [0.05, 0.1) is 12.0 Å². The first-order valence-corrected chi connectivity index (χ1v) is 6.09. The van der Waals surface area contributed by atoms with E-state index in [-0.39, 0.29) is 6.54 Å². The van der Waals surface area contributed by atoms with Crippen LogP contribution in [-0.2, 0) is 9.53 Å². The van der Waals surface area contributed by atoms with Gasteiger partial charge in [-0.3, -0.25) is 19.7 Å². The number of nitro groups is 1. The van der Waals surface area contributed by atoms with Crippen LogP contribution in [0, 0.1) is 15.9 Å². The molecule has 0 heterocycles. The van der Waals surface area contributed by atoms with Crippen LogP contribution in [0.25, 0.3) is 0 Å². The number of hydrogen-bond donors (Lipinski definition) is 0. The molecule has 0 fully saturated rings. The second kappa shape index (κ2) is 6.78. The third-order valence-electron chi connectivity index (χ3n) is 2.80. The van der Waals surface area contributed by atoms with Crippen molar-refractivity contribution in [3.05, 3.63) is 39.7 Å². The number of nitro benzene ring substituents is 1. The van der Waals surface area contributed by atoms with Crippen LogP contribution in [0.15, 0.2) is 18.2 Å². The second-order valence-electron chi connectivity index (χ2n) is 4.52. The largest absolute Gasteiger partial charge is 0.468 e.